The molecule has 0 aliphatic carbocycles. The molecule has 1 N–H and O–H groups in total. The van der Waals surface area contributed by atoms with Crippen molar-refractivity contribution in [3.63, 3.8) is 0 Å². The van der Waals surface area contributed by atoms with Gasteiger partial charge < -0.3 is 5.32 Å². The van der Waals surface area contributed by atoms with Gasteiger partial charge in [0.15, 0.2) is 5.78 Å². The van der Waals surface area contributed by atoms with E-state index < -0.39 is 5.54 Å². The van der Waals surface area contributed by atoms with Crippen LogP contribution < -0.4 is 5.32 Å². The molecule has 1 spiro atoms. The Labute approximate surface area is 112 Å². The fourth-order valence-corrected chi connectivity index (χ4v) is 3.03. The number of ketones is 1. The largest absolute Gasteiger partial charge is 0.343 e. The predicted octanol–water partition coefficient (Wildman–Crippen LogP) is 1.11. The standard InChI is InChI=1S/C15H18N2O2/c18-13-10-14(19)16-15(13)6-8-17(9-7-15)11-12-4-2-1-3-5-12/h1-5H,6-11H2,(H,16,19). The summed E-state index contributed by atoms with van der Waals surface area (Å²) in [7, 11) is 0. The van der Waals surface area contributed by atoms with E-state index in [4.69, 9.17) is 0 Å². The molecule has 0 atom stereocenters. The van der Waals surface area contributed by atoms with Crippen LogP contribution in [0.4, 0.5) is 0 Å². The van der Waals surface area contributed by atoms with Gasteiger partial charge in [-0.05, 0) is 18.4 Å². The predicted molar refractivity (Wildman–Crippen MR) is 71.5 cm³/mol. The Balaban J connectivity index is 1.61. The zero-order valence-electron chi connectivity index (χ0n) is 10.9. The SMILES string of the molecule is O=C1CC(=O)C2(CCN(Cc3ccccc3)CC2)N1. The summed E-state index contributed by atoms with van der Waals surface area (Å²) in [6.45, 7) is 2.64. The number of nitrogens with one attached hydrogen (secondary N) is 1. The summed E-state index contributed by atoms with van der Waals surface area (Å²) in [6, 6.07) is 10.3. The van der Waals surface area contributed by atoms with Crippen LogP contribution in [-0.2, 0) is 16.1 Å². The summed E-state index contributed by atoms with van der Waals surface area (Å²) < 4.78 is 0. The number of carbonyl (C=O) groups excluding carboxylic acids is 2. The third-order valence-electron chi connectivity index (χ3n) is 4.19. The van der Waals surface area contributed by atoms with Gasteiger partial charge in [0.25, 0.3) is 0 Å². The Bertz CT molecular complexity index is 490. The number of nitrogens with zero attached hydrogens (tertiary/aromatic N) is 1. The first-order valence-electron chi connectivity index (χ1n) is 6.79. The van der Waals surface area contributed by atoms with E-state index in [0.717, 1.165) is 32.5 Å². The van der Waals surface area contributed by atoms with Crippen LogP contribution in [0.3, 0.4) is 0 Å². The van der Waals surface area contributed by atoms with Gasteiger partial charge in [-0.25, -0.2) is 0 Å². The monoisotopic (exact) mass is 258 g/mol. The van der Waals surface area contributed by atoms with Crippen molar-refractivity contribution in [2.75, 3.05) is 13.1 Å². The molecular weight excluding hydrogens is 240 g/mol. The van der Waals surface area contributed by atoms with Crippen LogP contribution in [0, 0.1) is 0 Å². The van der Waals surface area contributed by atoms with E-state index in [2.05, 4.69) is 22.3 Å². The fourth-order valence-electron chi connectivity index (χ4n) is 3.03. The molecule has 0 radical (unpaired) electrons. The highest BCUT2D eigenvalue weighted by atomic mass is 16.2. The molecule has 0 saturated carbocycles. The second kappa shape index (κ2) is 4.78. The molecule has 2 heterocycles. The topological polar surface area (TPSA) is 49.4 Å². The molecule has 2 saturated heterocycles. The van der Waals surface area contributed by atoms with Crippen LogP contribution in [0.5, 0.6) is 0 Å². The number of rotatable bonds is 2. The van der Waals surface area contributed by atoms with Crippen LogP contribution in [-0.4, -0.2) is 35.2 Å². The average molecular weight is 258 g/mol. The van der Waals surface area contributed by atoms with E-state index in [0.29, 0.717) is 0 Å². The molecule has 0 aromatic heterocycles. The van der Waals surface area contributed by atoms with E-state index in [1.54, 1.807) is 0 Å². The lowest BCUT2D eigenvalue weighted by Gasteiger charge is -2.38. The number of carbonyl (C=O) groups is 2. The van der Waals surface area contributed by atoms with Crippen LogP contribution in [0.2, 0.25) is 0 Å². The molecule has 2 aliphatic rings. The minimum atomic E-state index is -0.551. The van der Waals surface area contributed by atoms with E-state index in [9.17, 15) is 9.59 Å². The number of benzene rings is 1. The Kier molecular flexibility index (Phi) is 3.11. The Morgan fingerprint density at radius 2 is 1.79 bits per heavy atom. The lowest BCUT2D eigenvalue weighted by atomic mass is 9.85. The molecule has 4 nitrogen and oxygen atoms in total. The van der Waals surface area contributed by atoms with Crippen molar-refractivity contribution < 1.29 is 9.59 Å². The molecule has 1 aromatic rings. The molecule has 1 aromatic carbocycles. The Morgan fingerprint density at radius 1 is 1.11 bits per heavy atom. The van der Waals surface area contributed by atoms with Crippen molar-refractivity contribution in [1.82, 2.24) is 10.2 Å². The first kappa shape index (κ1) is 12.4. The third kappa shape index (κ3) is 2.40. The maximum atomic E-state index is 11.9. The fraction of sp³-hybridized carbons (Fsp3) is 0.467. The van der Waals surface area contributed by atoms with Crippen molar-refractivity contribution >= 4 is 11.7 Å². The van der Waals surface area contributed by atoms with Gasteiger partial charge in [0.05, 0.1) is 6.42 Å². The zero-order chi connectivity index (χ0) is 13.3. The molecular formula is C15H18N2O2. The summed E-state index contributed by atoms with van der Waals surface area (Å²) in [5, 5.41) is 2.89. The molecule has 0 unspecified atom stereocenters. The molecule has 1 amide bonds. The quantitative estimate of drug-likeness (QED) is 0.808. The first-order chi connectivity index (χ1) is 9.18. The molecule has 3 rings (SSSR count). The highest BCUT2D eigenvalue weighted by Crippen LogP contribution is 2.29. The number of Topliss-reactive ketones (excluding diaryl/α,β-unsaturated/α-hetero) is 1. The number of piperidine rings is 1. The molecule has 4 heteroatoms. The van der Waals surface area contributed by atoms with E-state index in [1.807, 2.05) is 18.2 Å². The molecule has 100 valence electrons. The minimum absolute atomic E-state index is 0.0681. The zero-order valence-corrected chi connectivity index (χ0v) is 10.9. The second-order valence-electron chi connectivity index (χ2n) is 5.49. The van der Waals surface area contributed by atoms with Crippen molar-refractivity contribution in [3.8, 4) is 0 Å². The maximum absolute atomic E-state index is 11.9. The summed E-state index contributed by atoms with van der Waals surface area (Å²) >= 11 is 0. The van der Waals surface area contributed by atoms with Gasteiger partial charge in [0.1, 0.15) is 5.54 Å². The Morgan fingerprint density at radius 3 is 2.37 bits per heavy atom. The van der Waals surface area contributed by atoms with Crippen molar-refractivity contribution in [3.05, 3.63) is 35.9 Å². The smallest absolute Gasteiger partial charge is 0.228 e. The highest BCUT2D eigenvalue weighted by molar-refractivity contribution is 6.10. The minimum Gasteiger partial charge on any atom is -0.343 e. The first-order valence-corrected chi connectivity index (χ1v) is 6.79. The highest BCUT2D eigenvalue weighted by Gasteiger charge is 2.47. The van der Waals surface area contributed by atoms with Crippen LogP contribution in [0.1, 0.15) is 24.8 Å². The van der Waals surface area contributed by atoms with Crippen molar-refractivity contribution in [2.24, 2.45) is 0 Å². The van der Waals surface area contributed by atoms with Gasteiger partial charge in [-0.15, -0.1) is 0 Å². The normalized spacial score (nSPS) is 22.7. The van der Waals surface area contributed by atoms with E-state index in [-0.39, 0.29) is 18.1 Å². The second-order valence-corrected chi connectivity index (χ2v) is 5.49. The molecule has 2 aliphatic heterocycles. The van der Waals surface area contributed by atoms with Crippen LogP contribution >= 0.6 is 0 Å². The molecule has 2 fully saturated rings. The van der Waals surface area contributed by atoms with Gasteiger partial charge in [0, 0.05) is 19.6 Å². The summed E-state index contributed by atoms with van der Waals surface area (Å²) in [5.74, 6) is -0.0293. The van der Waals surface area contributed by atoms with Gasteiger partial charge in [-0.1, -0.05) is 30.3 Å². The number of amides is 1. The van der Waals surface area contributed by atoms with Crippen LogP contribution in [0.15, 0.2) is 30.3 Å². The lowest BCUT2D eigenvalue weighted by molar-refractivity contribution is -0.124. The van der Waals surface area contributed by atoms with Gasteiger partial charge in [0.2, 0.25) is 5.91 Å². The van der Waals surface area contributed by atoms with Crippen LogP contribution in [0.25, 0.3) is 0 Å². The van der Waals surface area contributed by atoms with Gasteiger partial charge in [-0.3, -0.25) is 14.5 Å². The van der Waals surface area contributed by atoms with E-state index in [1.165, 1.54) is 5.56 Å². The van der Waals surface area contributed by atoms with Gasteiger partial charge >= 0.3 is 0 Å². The number of hydrogen-bond acceptors (Lipinski definition) is 3. The summed E-state index contributed by atoms with van der Waals surface area (Å²) in [4.78, 5) is 25.6. The van der Waals surface area contributed by atoms with Crippen molar-refractivity contribution in [1.29, 1.82) is 0 Å². The maximum Gasteiger partial charge on any atom is 0.228 e. The molecule has 19 heavy (non-hydrogen) atoms. The number of hydrogen-bond donors (Lipinski definition) is 1. The summed E-state index contributed by atoms with van der Waals surface area (Å²) in [5.41, 5.74) is 0.741. The van der Waals surface area contributed by atoms with Crippen molar-refractivity contribution in [2.45, 2.75) is 31.3 Å². The van der Waals surface area contributed by atoms with E-state index >= 15 is 0 Å². The average Bonchev–Trinajstić information content (AvgIpc) is 2.68. The third-order valence-corrected chi connectivity index (χ3v) is 4.19. The summed E-state index contributed by atoms with van der Waals surface area (Å²) in [6.07, 6.45) is 1.55. The lowest BCUT2D eigenvalue weighted by Crippen LogP contribution is -2.54. The number of likely N-dealkylation sites (tertiary alicyclic amines) is 1. The molecule has 0 bridgehead atoms. The Hall–Kier alpha value is -1.68. The van der Waals surface area contributed by atoms with Gasteiger partial charge in [-0.2, -0.15) is 0 Å².